The van der Waals surface area contributed by atoms with Crippen LogP contribution < -0.4 is 0 Å². The second kappa shape index (κ2) is 4.18. The summed E-state index contributed by atoms with van der Waals surface area (Å²) in [6.45, 7) is 2.77. The second-order valence-electron chi connectivity index (χ2n) is 3.41. The smallest absolute Gasteiger partial charge is 0.149 e. The van der Waals surface area contributed by atoms with Crippen molar-refractivity contribution < 1.29 is 4.79 Å². The molecule has 4 heteroatoms. The molecule has 13 heavy (non-hydrogen) atoms. The van der Waals surface area contributed by atoms with Gasteiger partial charge in [-0.25, -0.2) is 4.98 Å². The lowest BCUT2D eigenvalue weighted by molar-refractivity contribution is -0.117. The Balaban J connectivity index is 2.71. The van der Waals surface area contributed by atoms with Crippen molar-refractivity contribution in [3.05, 3.63) is 18.2 Å². The zero-order valence-corrected chi connectivity index (χ0v) is 8.32. The van der Waals surface area contributed by atoms with Crippen molar-refractivity contribution in [2.75, 3.05) is 14.1 Å². The number of carbonyl (C=O) groups excluding carboxylic acids is 1. The molecule has 1 aromatic rings. The van der Waals surface area contributed by atoms with Gasteiger partial charge in [0, 0.05) is 12.4 Å². The van der Waals surface area contributed by atoms with Crippen LogP contribution in [0.3, 0.4) is 0 Å². The quantitative estimate of drug-likeness (QED) is 0.680. The zero-order chi connectivity index (χ0) is 9.84. The lowest BCUT2D eigenvalue weighted by Crippen LogP contribution is -2.17. The van der Waals surface area contributed by atoms with Crippen molar-refractivity contribution in [2.45, 2.75) is 20.0 Å². The maximum atomic E-state index is 10.9. The minimum Gasteiger partial charge on any atom is -0.326 e. The van der Waals surface area contributed by atoms with E-state index in [0.29, 0.717) is 6.54 Å². The van der Waals surface area contributed by atoms with E-state index in [0.717, 1.165) is 12.4 Å². The Morgan fingerprint density at radius 2 is 2.31 bits per heavy atom. The Bertz CT molecular complexity index is 291. The summed E-state index contributed by atoms with van der Waals surface area (Å²) in [5.41, 5.74) is 0. The minimum absolute atomic E-state index is 0.151. The van der Waals surface area contributed by atoms with Gasteiger partial charge >= 0.3 is 0 Å². The van der Waals surface area contributed by atoms with Crippen LogP contribution in [0.1, 0.15) is 12.7 Å². The largest absolute Gasteiger partial charge is 0.326 e. The van der Waals surface area contributed by atoms with Gasteiger partial charge < -0.3 is 9.47 Å². The molecule has 0 aliphatic heterocycles. The van der Waals surface area contributed by atoms with Gasteiger partial charge in [0.25, 0.3) is 0 Å². The number of ketones is 1. The van der Waals surface area contributed by atoms with E-state index in [1.165, 1.54) is 0 Å². The van der Waals surface area contributed by atoms with Crippen LogP contribution in [0.2, 0.25) is 0 Å². The zero-order valence-electron chi connectivity index (χ0n) is 8.32. The van der Waals surface area contributed by atoms with Crippen LogP contribution >= 0.6 is 0 Å². The standard InChI is InChI=1S/C9H15N3O/c1-8(13)6-12-5-4-10-9(12)7-11(2)3/h4-5H,6-7H2,1-3H3. The molecule has 72 valence electrons. The van der Waals surface area contributed by atoms with Crippen molar-refractivity contribution in [2.24, 2.45) is 0 Å². The average Bonchev–Trinajstić information content (AvgIpc) is 2.34. The van der Waals surface area contributed by atoms with E-state index in [1.54, 1.807) is 13.1 Å². The predicted molar refractivity (Wildman–Crippen MR) is 50.3 cm³/mol. The molecule has 0 spiro atoms. The monoisotopic (exact) mass is 181 g/mol. The fourth-order valence-corrected chi connectivity index (χ4v) is 1.16. The number of aromatic nitrogens is 2. The van der Waals surface area contributed by atoms with E-state index in [4.69, 9.17) is 0 Å². The van der Waals surface area contributed by atoms with Crippen molar-refractivity contribution >= 4 is 5.78 Å². The van der Waals surface area contributed by atoms with Crippen LogP contribution in [0.25, 0.3) is 0 Å². The number of rotatable bonds is 4. The van der Waals surface area contributed by atoms with E-state index in [1.807, 2.05) is 29.8 Å². The summed E-state index contributed by atoms with van der Waals surface area (Å²) in [4.78, 5) is 17.1. The summed E-state index contributed by atoms with van der Waals surface area (Å²) in [5.74, 6) is 1.08. The molecule has 1 heterocycles. The molecule has 0 aliphatic carbocycles. The van der Waals surface area contributed by atoms with Crippen LogP contribution in [0.15, 0.2) is 12.4 Å². The van der Waals surface area contributed by atoms with Crippen molar-refractivity contribution in [1.82, 2.24) is 14.5 Å². The van der Waals surface area contributed by atoms with Gasteiger partial charge in [0.1, 0.15) is 11.6 Å². The fourth-order valence-electron chi connectivity index (χ4n) is 1.16. The molecule has 0 saturated carbocycles. The van der Waals surface area contributed by atoms with E-state index in [9.17, 15) is 4.79 Å². The van der Waals surface area contributed by atoms with E-state index >= 15 is 0 Å². The van der Waals surface area contributed by atoms with Crippen molar-refractivity contribution in [3.8, 4) is 0 Å². The van der Waals surface area contributed by atoms with Crippen LogP contribution in [-0.2, 0) is 17.9 Å². The third kappa shape index (κ3) is 2.99. The maximum absolute atomic E-state index is 10.9. The van der Waals surface area contributed by atoms with Crippen LogP contribution in [0.4, 0.5) is 0 Å². The Morgan fingerprint density at radius 3 is 2.85 bits per heavy atom. The van der Waals surface area contributed by atoms with Gasteiger partial charge in [-0.3, -0.25) is 4.79 Å². The SMILES string of the molecule is CC(=O)Cn1ccnc1CN(C)C. The summed E-state index contributed by atoms with van der Waals surface area (Å²) in [7, 11) is 3.96. The van der Waals surface area contributed by atoms with Gasteiger partial charge in [0.2, 0.25) is 0 Å². The molecule has 1 rings (SSSR count). The Hall–Kier alpha value is -1.16. The molecule has 0 aliphatic rings. The highest BCUT2D eigenvalue weighted by Crippen LogP contribution is 2.00. The lowest BCUT2D eigenvalue weighted by atomic mass is 10.4. The number of imidazole rings is 1. The van der Waals surface area contributed by atoms with E-state index < -0.39 is 0 Å². The fraction of sp³-hybridized carbons (Fsp3) is 0.556. The van der Waals surface area contributed by atoms with Gasteiger partial charge in [0.05, 0.1) is 13.1 Å². The summed E-state index contributed by atoms with van der Waals surface area (Å²) < 4.78 is 1.88. The summed E-state index contributed by atoms with van der Waals surface area (Å²) in [6, 6.07) is 0. The lowest BCUT2D eigenvalue weighted by Gasteiger charge is -2.10. The van der Waals surface area contributed by atoms with Crippen LogP contribution in [0.5, 0.6) is 0 Å². The molecule has 0 bridgehead atoms. The van der Waals surface area contributed by atoms with Crippen molar-refractivity contribution in [1.29, 1.82) is 0 Å². The highest BCUT2D eigenvalue weighted by atomic mass is 16.1. The highest BCUT2D eigenvalue weighted by Gasteiger charge is 2.04. The average molecular weight is 181 g/mol. The first kappa shape index (κ1) is 9.92. The first-order valence-corrected chi connectivity index (χ1v) is 4.24. The normalized spacial score (nSPS) is 10.8. The summed E-state index contributed by atoms with van der Waals surface area (Å²) in [5, 5.41) is 0. The van der Waals surface area contributed by atoms with Gasteiger partial charge in [-0.2, -0.15) is 0 Å². The van der Waals surface area contributed by atoms with Gasteiger partial charge in [-0.15, -0.1) is 0 Å². The van der Waals surface area contributed by atoms with Crippen molar-refractivity contribution in [3.63, 3.8) is 0 Å². The summed E-state index contributed by atoms with van der Waals surface area (Å²) in [6.07, 6.45) is 3.56. The van der Waals surface area contributed by atoms with Gasteiger partial charge in [0.15, 0.2) is 0 Å². The minimum atomic E-state index is 0.151. The molecule has 0 radical (unpaired) electrons. The molecular weight excluding hydrogens is 166 g/mol. The predicted octanol–water partition coefficient (Wildman–Crippen LogP) is 0.534. The van der Waals surface area contributed by atoms with Crippen LogP contribution in [0, 0.1) is 0 Å². The Labute approximate surface area is 78.2 Å². The van der Waals surface area contributed by atoms with E-state index in [2.05, 4.69) is 4.98 Å². The van der Waals surface area contributed by atoms with Crippen LogP contribution in [-0.4, -0.2) is 34.3 Å². The summed E-state index contributed by atoms with van der Waals surface area (Å²) >= 11 is 0. The number of Topliss-reactive ketones (excluding diaryl/α,β-unsaturated/α-hetero) is 1. The number of hydrogen-bond acceptors (Lipinski definition) is 3. The molecule has 0 fully saturated rings. The molecule has 0 saturated heterocycles. The third-order valence-corrected chi connectivity index (χ3v) is 1.65. The molecule has 0 N–H and O–H groups in total. The topological polar surface area (TPSA) is 38.1 Å². The molecule has 0 amide bonds. The molecule has 0 unspecified atom stereocenters. The van der Waals surface area contributed by atoms with E-state index in [-0.39, 0.29) is 5.78 Å². The number of hydrogen-bond donors (Lipinski definition) is 0. The molecule has 4 nitrogen and oxygen atoms in total. The first-order chi connectivity index (χ1) is 6.09. The van der Waals surface area contributed by atoms with Gasteiger partial charge in [-0.1, -0.05) is 0 Å². The molecule has 0 atom stereocenters. The second-order valence-corrected chi connectivity index (χ2v) is 3.41. The van der Waals surface area contributed by atoms with Gasteiger partial charge in [-0.05, 0) is 21.0 Å². The molecule has 0 aromatic carbocycles. The Morgan fingerprint density at radius 1 is 1.62 bits per heavy atom. The third-order valence-electron chi connectivity index (χ3n) is 1.65. The highest BCUT2D eigenvalue weighted by molar-refractivity contribution is 5.75. The molecule has 1 aromatic heterocycles. The number of carbonyl (C=O) groups is 1. The number of nitrogens with zero attached hydrogens (tertiary/aromatic N) is 3. The maximum Gasteiger partial charge on any atom is 0.149 e. The first-order valence-electron chi connectivity index (χ1n) is 4.24. The Kier molecular flexibility index (Phi) is 3.19. The molecular formula is C9H15N3O.